The van der Waals surface area contributed by atoms with E-state index in [1.165, 1.54) is 6.20 Å². The molecule has 3 aromatic rings. The molecule has 188 valence electrons. The highest BCUT2D eigenvalue weighted by Crippen LogP contribution is 2.29. The average Bonchev–Trinajstić information content (AvgIpc) is 3.22. The summed E-state index contributed by atoms with van der Waals surface area (Å²) in [5.41, 5.74) is 3.29. The molecule has 0 radical (unpaired) electrons. The van der Waals surface area contributed by atoms with Gasteiger partial charge in [0.05, 0.1) is 5.56 Å². The van der Waals surface area contributed by atoms with Crippen molar-refractivity contribution >= 4 is 22.8 Å². The van der Waals surface area contributed by atoms with Gasteiger partial charge in [0.15, 0.2) is 0 Å². The maximum Gasteiger partial charge on any atom is 0.405 e. The number of nitrogens with zero attached hydrogens (tertiary/aromatic N) is 2. The molecule has 0 unspecified atom stereocenters. The Morgan fingerprint density at radius 3 is 2.46 bits per heavy atom. The van der Waals surface area contributed by atoms with Crippen molar-refractivity contribution in [2.24, 2.45) is 17.8 Å². The maximum atomic E-state index is 12.5. The predicted octanol–water partition coefficient (Wildman–Crippen LogP) is 4.50. The quantitative estimate of drug-likeness (QED) is 0.412. The Balaban J connectivity index is 1.84. The second-order valence-electron chi connectivity index (χ2n) is 9.40. The molecule has 0 saturated heterocycles. The molecule has 2 amide bonds. The van der Waals surface area contributed by atoms with Gasteiger partial charge in [0, 0.05) is 53.8 Å². The van der Waals surface area contributed by atoms with E-state index in [2.05, 4.69) is 20.3 Å². The second kappa shape index (κ2) is 10.9. The van der Waals surface area contributed by atoms with E-state index in [4.69, 9.17) is 0 Å². The standard InChI is InChI=1S/C25H30F3N5O2/c1-14(2)8-32-23(34)18-7-20-21(12-31-22(20)30-11-18)17-5-16(9-29-10-17)6-19(15(3)4)24(35)33-13-25(26,27)28/h5,7,9-12,14-15,19H,6,8,13H2,1-4H3,(H,30,31)(H,32,34)(H,33,35)/t19-/m1/s1. The largest absolute Gasteiger partial charge is 0.405 e. The molecule has 0 saturated carbocycles. The molecule has 3 rings (SSSR count). The first-order valence-corrected chi connectivity index (χ1v) is 11.5. The zero-order valence-electron chi connectivity index (χ0n) is 20.2. The van der Waals surface area contributed by atoms with Gasteiger partial charge < -0.3 is 15.6 Å². The third-order valence-corrected chi connectivity index (χ3v) is 5.63. The number of rotatable bonds is 9. The molecule has 3 aromatic heterocycles. The van der Waals surface area contributed by atoms with Gasteiger partial charge in [-0.1, -0.05) is 27.7 Å². The number of aromatic nitrogens is 3. The highest BCUT2D eigenvalue weighted by atomic mass is 19.4. The van der Waals surface area contributed by atoms with Gasteiger partial charge in [0.2, 0.25) is 5.91 Å². The van der Waals surface area contributed by atoms with Crippen molar-refractivity contribution in [2.45, 2.75) is 40.3 Å². The molecule has 1 atom stereocenters. The van der Waals surface area contributed by atoms with Crippen LogP contribution in [0, 0.1) is 17.8 Å². The number of aromatic amines is 1. The van der Waals surface area contributed by atoms with E-state index in [-0.39, 0.29) is 18.2 Å². The fourth-order valence-corrected chi connectivity index (χ4v) is 3.72. The molecule has 35 heavy (non-hydrogen) atoms. The Morgan fingerprint density at radius 1 is 1.06 bits per heavy atom. The van der Waals surface area contributed by atoms with Crippen molar-refractivity contribution in [1.29, 1.82) is 0 Å². The molecule has 3 heterocycles. The third-order valence-electron chi connectivity index (χ3n) is 5.63. The summed E-state index contributed by atoms with van der Waals surface area (Å²) in [6.07, 6.45) is 2.32. The number of hydrogen-bond acceptors (Lipinski definition) is 4. The molecule has 7 nitrogen and oxygen atoms in total. The van der Waals surface area contributed by atoms with Crippen LogP contribution in [0.2, 0.25) is 0 Å². The van der Waals surface area contributed by atoms with Crippen molar-refractivity contribution in [2.75, 3.05) is 13.1 Å². The smallest absolute Gasteiger partial charge is 0.352 e. The summed E-state index contributed by atoms with van der Waals surface area (Å²) < 4.78 is 37.6. The Labute approximate surface area is 201 Å². The first kappa shape index (κ1) is 26.2. The molecule has 0 spiro atoms. The molecule has 10 heteroatoms. The number of fused-ring (bicyclic) bond motifs is 1. The van der Waals surface area contributed by atoms with Gasteiger partial charge in [-0.3, -0.25) is 14.6 Å². The Kier molecular flexibility index (Phi) is 8.14. The zero-order chi connectivity index (χ0) is 25.8. The lowest BCUT2D eigenvalue weighted by molar-refractivity contribution is -0.141. The Morgan fingerprint density at radius 2 is 1.80 bits per heavy atom. The number of pyridine rings is 2. The van der Waals surface area contributed by atoms with Crippen LogP contribution in [0.5, 0.6) is 0 Å². The minimum absolute atomic E-state index is 0.170. The van der Waals surface area contributed by atoms with Crippen LogP contribution >= 0.6 is 0 Å². The fraction of sp³-hybridized carbons (Fsp3) is 0.440. The summed E-state index contributed by atoms with van der Waals surface area (Å²) in [7, 11) is 0. The van der Waals surface area contributed by atoms with E-state index in [1.54, 1.807) is 38.5 Å². The van der Waals surface area contributed by atoms with Crippen molar-refractivity contribution in [3.8, 4) is 11.1 Å². The number of carbonyl (C=O) groups is 2. The second-order valence-corrected chi connectivity index (χ2v) is 9.40. The van der Waals surface area contributed by atoms with Gasteiger partial charge in [-0.2, -0.15) is 13.2 Å². The van der Waals surface area contributed by atoms with Crippen LogP contribution in [0.3, 0.4) is 0 Å². The third kappa shape index (κ3) is 7.03. The lowest BCUT2D eigenvalue weighted by atomic mass is 9.88. The van der Waals surface area contributed by atoms with Crippen LogP contribution in [0.15, 0.2) is 36.9 Å². The van der Waals surface area contributed by atoms with Crippen LogP contribution in [-0.2, 0) is 11.2 Å². The maximum absolute atomic E-state index is 12.5. The van der Waals surface area contributed by atoms with Crippen molar-refractivity contribution in [1.82, 2.24) is 25.6 Å². The van der Waals surface area contributed by atoms with Gasteiger partial charge in [-0.15, -0.1) is 0 Å². The number of H-pyrrole nitrogens is 1. The predicted molar refractivity (Wildman–Crippen MR) is 128 cm³/mol. The lowest BCUT2D eigenvalue weighted by Crippen LogP contribution is -2.40. The van der Waals surface area contributed by atoms with Gasteiger partial charge in [-0.05, 0) is 36.0 Å². The summed E-state index contributed by atoms with van der Waals surface area (Å²) in [5, 5.41) is 5.61. The van der Waals surface area contributed by atoms with E-state index in [1.807, 2.05) is 25.2 Å². The SMILES string of the molecule is CC(C)CNC(=O)c1cnc2[nH]cc(-c3cncc(C[C@@H](C(=O)NCC(F)(F)F)C(C)C)c3)c2c1. The molecular formula is C25H30F3N5O2. The molecule has 0 fully saturated rings. The van der Waals surface area contributed by atoms with Crippen molar-refractivity contribution in [3.05, 3.63) is 48.0 Å². The first-order valence-electron chi connectivity index (χ1n) is 11.5. The zero-order valence-corrected chi connectivity index (χ0v) is 20.2. The van der Waals surface area contributed by atoms with E-state index < -0.39 is 24.5 Å². The average molecular weight is 490 g/mol. The van der Waals surface area contributed by atoms with Gasteiger partial charge in [0.25, 0.3) is 5.91 Å². The number of nitrogens with one attached hydrogen (secondary N) is 3. The summed E-state index contributed by atoms with van der Waals surface area (Å²) in [6.45, 7) is 6.81. The van der Waals surface area contributed by atoms with Gasteiger partial charge in [-0.25, -0.2) is 4.98 Å². The van der Waals surface area contributed by atoms with E-state index >= 15 is 0 Å². The lowest BCUT2D eigenvalue weighted by Gasteiger charge is -2.21. The number of hydrogen-bond donors (Lipinski definition) is 3. The van der Waals surface area contributed by atoms with Crippen molar-refractivity contribution < 1.29 is 22.8 Å². The molecule has 0 bridgehead atoms. The molecule has 0 aliphatic rings. The minimum atomic E-state index is -4.47. The Bertz CT molecular complexity index is 1190. The summed E-state index contributed by atoms with van der Waals surface area (Å²) in [5.74, 6) is -1.35. The molecule has 3 N–H and O–H groups in total. The van der Waals surface area contributed by atoms with Gasteiger partial charge >= 0.3 is 6.18 Å². The van der Waals surface area contributed by atoms with E-state index in [0.717, 1.165) is 22.1 Å². The van der Waals surface area contributed by atoms with Crippen LogP contribution in [0.1, 0.15) is 43.6 Å². The highest BCUT2D eigenvalue weighted by molar-refractivity contribution is 6.01. The molecule has 0 aliphatic carbocycles. The number of amides is 2. The highest BCUT2D eigenvalue weighted by Gasteiger charge is 2.30. The number of alkyl halides is 3. The molecular weight excluding hydrogens is 459 g/mol. The number of halogens is 3. The van der Waals surface area contributed by atoms with Gasteiger partial charge in [0.1, 0.15) is 12.2 Å². The minimum Gasteiger partial charge on any atom is -0.352 e. The van der Waals surface area contributed by atoms with Crippen LogP contribution in [0.25, 0.3) is 22.2 Å². The fourth-order valence-electron chi connectivity index (χ4n) is 3.72. The normalized spacial score (nSPS) is 12.8. The molecule has 0 aliphatic heterocycles. The summed E-state index contributed by atoms with van der Waals surface area (Å²) >= 11 is 0. The van der Waals surface area contributed by atoms with Crippen molar-refractivity contribution in [3.63, 3.8) is 0 Å². The summed E-state index contributed by atoms with van der Waals surface area (Å²) in [6, 6.07) is 3.62. The Hall–Kier alpha value is -3.43. The van der Waals surface area contributed by atoms with E-state index in [9.17, 15) is 22.8 Å². The first-order chi connectivity index (χ1) is 16.4. The summed E-state index contributed by atoms with van der Waals surface area (Å²) in [4.78, 5) is 36.7. The monoisotopic (exact) mass is 489 g/mol. The van der Waals surface area contributed by atoms with Crippen LogP contribution in [0.4, 0.5) is 13.2 Å². The van der Waals surface area contributed by atoms with E-state index in [0.29, 0.717) is 23.7 Å². The topological polar surface area (TPSA) is 99.8 Å². The number of carbonyl (C=O) groups excluding carboxylic acids is 2. The van der Waals surface area contributed by atoms with Crippen LogP contribution in [-0.4, -0.2) is 46.0 Å². The van der Waals surface area contributed by atoms with Crippen LogP contribution < -0.4 is 10.6 Å². The molecule has 0 aromatic carbocycles.